The molecule has 0 saturated heterocycles. The molecule has 7 heteroatoms. The predicted molar refractivity (Wildman–Crippen MR) is 122 cm³/mol. The van der Waals surface area contributed by atoms with E-state index in [-0.39, 0.29) is 30.5 Å². The largest absolute Gasteiger partial charge is 0.489 e. The van der Waals surface area contributed by atoms with Crippen LogP contribution in [0.3, 0.4) is 0 Å². The number of anilines is 1. The van der Waals surface area contributed by atoms with E-state index in [1.54, 1.807) is 36.4 Å². The van der Waals surface area contributed by atoms with Crippen molar-refractivity contribution in [2.75, 3.05) is 5.32 Å². The highest BCUT2D eigenvalue weighted by Gasteiger charge is 2.06. The molecule has 0 radical (unpaired) electrons. The molecule has 0 atom stereocenters. The van der Waals surface area contributed by atoms with Crippen LogP contribution in [0.15, 0.2) is 77.9 Å². The highest BCUT2D eigenvalue weighted by molar-refractivity contribution is 5.93. The Balaban J connectivity index is 1.37. The van der Waals surface area contributed by atoms with Gasteiger partial charge in [-0.15, -0.1) is 0 Å². The van der Waals surface area contributed by atoms with E-state index < -0.39 is 0 Å². The lowest BCUT2D eigenvalue weighted by Crippen LogP contribution is -2.20. The summed E-state index contributed by atoms with van der Waals surface area (Å²) < 4.78 is 18.6. The molecule has 0 aliphatic heterocycles. The van der Waals surface area contributed by atoms with Gasteiger partial charge < -0.3 is 10.1 Å². The van der Waals surface area contributed by atoms with Crippen LogP contribution in [0, 0.1) is 12.7 Å². The molecule has 2 N–H and O–H groups in total. The smallest absolute Gasteiger partial charge is 0.240 e. The lowest BCUT2D eigenvalue weighted by atomic mass is 10.2. The number of hydrogen-bond acceptors (Lipinski definition) is 4. The molecular weight excluding hydrogens is 409 g/mol. The molecule has 32 heavy (non-hydrogen) atoms. The van der Waals surface area contributed by atoms with Gasteiger partial charge in [-0.05, 0) is 66.6 Å². The summed E-state index contributed by atoms with van der Waals surface area (Å²) in [5.74, 6) is -0.200. The van der Waals surface area contributed by atoms with Crippen LogP contribution in [-0.2, 0) is 16.2 Å². The molecule has 6 nitrogen and oxygen atoms in total. The van der Waals surface area contributed by atoms with Gasteiger partial charge in [-0.2, -0.15) is 5.10 Å². The van der Waals surface area contributed by atoms with Crippen molar-refractivity contribution in [1.29, 1.82) is 0 Å². The van der Waals surface area contributed by atoms with Gasteiger partial charge in [0.05, 0.1) is 6.21 Å². The van der Waals surface area contributed by atoms with Gasteiger partial charge in [0.1, 0.15) is 18.2 Å². The van der Waals surface area contributed by atoms with Gasteiger partial charge in [0, 0.05) is 18.5 Å². The van der Waals surface area contributed by atoms with Crippen molar-refractivity contribution in [1.82, 2.24) is 5.43 Å². The van der Waals surface area contributed by atoms with Gasteiger partial charge in [0.2, 0.25) is 11.8 Å². The summed E-state index contributed by atoms with van der Waals surface area (Å²) in [6.45, 7) is 2.30. The fraction of sp³-hybridized carbons (Fsp3) is 0.160. The van der Waals surface area contributed by atoms with E-state index in [1.165, 1.54) is 18.3 Å². The predicted octanol–water partition coefficient (Wildman–Crippen LogP) is 4.58. The molecule has 0 spiro atoms. The van der Waals surface area contributed by atoms with Crippen LogP contribution in [0.2, 0.25) is 0 Å². The topological polar surface area (TPSA) is 79.8 Å². The normalized spacial score (nSPS) is 10.7. The number of benzene rings is 3. The molecule has 0 aromatic heterocycles. The molecule has 2 amide bonds. The van der Waals surface area contributed by atoms with Crippen molar-refractivity contribution >= 4 is 23.7 Å². The van der Waals surface area contributed by atoms with E-state index in [9.17, 15) is 14.0 Å². The molecule has 0 unspecified atom stereocenters. The van der Waals surface area contributed by atoms with E-state index in [1.807, 2.05) is 31.2 Å². The first-order valence-corrected chi connectivity index (χ1v) is 10.1. The SMILES string of the molecule is Cc1ccc(NC(=O)CCC(=O)NN=Cc2ccc(OCc3ccc(F)cc3)cc2)cc1. The second-order valence-electron chi connectivity index (χ2n) is 7.19. The van der Waals surface area contributed by atoms with Crippen LogP contribution >= 0.6 is 0 Å². The number of ether oxygens (including phenoxy) is 1. The Labute approximate surface area is 186 Å². The van der Waals surface area contributed by atoms with Crippen LogP contribution in [0.25, 0.3) is 0 Å². The first kappa shape index (κ1) is 22.7. The first-order valence-electron chi connectivity index (χ1n) is 10.1. The average Bonchev–Trinajstić information content (AvgIpc) is 2.80. The second-order valence-corrected chi connectivity index (χ2v) is 7.19. The minimum absolute atomic E-state index is 0.0329. The van der Waals surface area contributed by atoms with E-state index >= 15 is 0 Å². The van der Waals surface area contributed by atoms with Crippen molar-refractivity contribution in [2.24, 2.45) is 5.10 Å². The lowest BCUT2D eigenvalue weighted by Gasteiger charge is -2.06. The number of rotatable bonds is 9. The summed E-state index contributed by atoms with van der Waals surface area (Å²) in [5.41, 5.74) is 5.86. The summed E-state index contributed by atoms with van der Waals surface area (Å²) in [5, 5.41) is 6.66. The minimum Gasteiger partial charge on any atom is -0.489 e. The van der Waals surface area contributed by atoms with Crippen molar-refractivity contribution in [3.8, 4) is 5.75 Å². The fourth-order valence-corrected chi connectivity index (χ4v) is 2.72. The number of nitrogens with one attached hydrogen (secondary N) is 2. The molecule has 0 saturated carbocycles. The van der Waals surface area contributed by atoms with Crippen LogP contribution < -0.4 is 15.5 Å². The number of hydrogen-bond donors (Lipinski definition) is 2. The quantitative estimate of drug-likeness (QED) is 0.383. The molecule has 3 aromatic carbocycles. The van der Waals surface area contributed by atoms with Crippen molar-refractivity contribution in [3.63, 3.8) is 0 Å². The summed E-state index contributed by atoms with van der Waals surface area (Å²) in [6, 6.07) is 20.7. The van der Waals surface area contributed by atoms with Gasteiger partial charge in [-0.1, -0.05) is 29.8 Å². The summed E-state index contributed by atoms with van der Waals surface area (Å²) in [4.78, 5) is 23.8. The summed E-state index contributed by atoms with van der Waals surface area (Å²) in [6.07, 6.45) is 1.61. The number of halogens is 1. The van der Waals surface area contributed by atoms with E-state index in [2.05, 4.69) is 15.8 Å². The van der Waals surface area contributed by atoms with E-state index in [4.69, 9.17) is 4.74 Å². The molecule has 3 aromatic rings. The number of carbonyl (C=O) groups is 2. The maximum atomic E-state index is 12.9. The monoisotopic (exact) mass is 433 g/mol. The van der Waals surface area contributed by atoms with Crippen molar-refractivity contribution in [3.05, 3.63) is 95.3 Å². The van der Waals surface area contributed by atoms with Crippen LogP contribution in [0.1, 0.15) is 29.5 Å². The van der Waals surface area contributed by atoms with Gasteiger partial charge in [-0.25, -0.2) is 9.82 Å². The van der Waals surface area contributed by atoms with Crippen LogP contribution in [-0.4, -0.2) is 18.0 Å². The van der Waals surface area contributed by atoms with Crippen LogP contribution in [0.5, 0.6) is 5.75 Å². The highest BCUT2D eigenvalue weighted by Crippen LogP contribution is 2.14. The van der Waals surface area contributed by atoms with E-state index in [0.29, 0.717) is 18.0 Å². The highest BCUT2D eigenvalue weighted by atomic mass is 19.1. The molecule has 0 fully saturated rings. The zero-order chi connectivity index (χ0) is 22.8. The Morgan fingerprint density at radius 3 is 2.25 bits per heavy atom. The Bertz CT molecular complexity index is 1060. The summed E-state index contributed by atoms with van der Waals surface area (Å²) in [7, 11) is 0. The second kappa shape index (κ2) is 11.4. The van der Waals surface area contributed by atoms with Crippen molar-refractivity contribution in [2.45, 2.75) is 26.4 Å². The number of amides is 2. The van der Waals surface area contributed by atoms with Crippen LogP contribution in [0.4, 0.5) is 10.1 Å². The lowest BCUT2D eigenvalue weighted by molar-refractivity contribution is -0.124. The Morgan fingerprint density at radius 1 is 0.906 bits per heavy atom. The number of aryl methyl sites for hydroxylation is 1. The minimum atomic E-state index is -0.348. The van der Waals surface area contributed by atoms with Gasteiger partial charge in [-0.3, -0.25) is 9.59 Å². The molecule has 164 valence electrons. The molecule has 0 aliphatic carbocycles. The number of nitrogens with zero attached hydrogens (tertiary/aromatic N) is 1. The van der Waals surface area contributed by atoms with Gasteiger partial charge in [0.25, 0.3) is 0 Å². The molecule has 3 rings (SSSR count). The standard InChI is InChI=1S/C25H24FN3O3/c1-18-2-10-22(11-3-18)28-24(30)14-15-25(31)29-27-16-19-6-12-23(13-7-19)32-17-20-4-8-21(26)9-5-20/h2-13,16H,14-15,17H2,1H3,(H,28,30)(H,29,31). The third-order valence-corrected chi connectivity index (χ3v) is 4.52. The first-order chi connectivity index (χ1) is 15.5. The Hall–Kier alpha value is -4.00. The molecule has 0 bridgehead atoms. The van der Waals surface area contributed by atoms with Gasteiger partial charge >= 0.3 is 0 Å². The van der Waals surface area contributed by atoms with Gasteiger partial charge in [0.15, 0.2) is 0 Å². The zero-order valence-corrected chi connectivity index (χ0v) is 17.7. The number of carbonyl (C=O) groups excluding carboxylic acids is 2. The Morgan fingerprint density at radius 2 is 1.56 bits per heavy atom. The fourth-order valence-electron chi connectivity index (χ4n) is 2.72. The number of hydrazone groups is 1. The third kappa shape index (κ3) is 7.68. The van der Waals surface area contributed by atoms with Crippen molar-refractivity contribution < 1.29 is 18.7 Å². The maximum Gasteiger partial charge on any atom is 0.240 e. The molecule has 0 aliphatic rings. The summed E-state index contributed by atoms with van der Waals surface area (Å²) >= 11 is 0. The third-order valence-electron chi connectivity index (χ3n) is 4.52. The Kier molecular flexibility index (Phi) is 8.09. The molecular formula is C25H24FN3O3. The zero-order valence-electron chi connectivity index (χ0n) is 17.7. The van der Waals surface area contributed by atoms with E-state index in [0.717, 1.165) is 16.7 Å². The molecule has 0 heterocycles. The average molecular weight is 433 g/mol. The maximum absolute atomic E-state index is 12.9.